The van der Waals surface area contributed by atoms with Gasteiger partial charge in [0.05, 0.1) is 39.6 Å². The zero-order valence-corrected chi connectivity index (χ0v) is 24.1. The number of rotatable bonds is 29. The Balaban J connectivity index is 3.73. The van der Waals surface area contributed by atoms with Crippen molar-refractivity contribution in [2.24, 2.45) is 17.2 Å². The summed E-state index contributed by atoms with van der Waals surface area (Å²) in [6.45, 7) is 2.64. The number of nitrogens with two attached hydrogens (primary N) is 3. The molecular weight excluding hydrogens is 540 g/mol. The molecule has 0 saturated heterocycles. The van der Waals surface area contributed by atoms with Gasteiger partial charge in [0.25, 0.3) is 0 Å². The van der Waals surface area contributed by atoms with E-state index in [2.05, 4.69) is 16.0 Å². The Labute approximate surface area is 242 Å². The van der Waals surface area contributed by atoms with E-state index in [1.165, 1.54) is 0 Å². The smallest absolute Gasteiger partial charge is 0.246 e. The lowest BCUT2D eigenvalue weighted by Gasteiger charge is -2.15. The molecule has 0 aliphatic rings. The van der Waals surface area contributed by atoms with Crippen molar-refractivity contribution < 1.29 is 42.9 Å². The minimum absolute atomic E-state index is 0.0450. The molecule has 238 valence electrons. The van der Waals surface area contributed by atoms with Crippen LogP contribution < -0.4 is 33.2 Å². The average molecular weight is 591 g/mol. The van der Waals surface area contributed by atoms with Crippen molar-refractivity contribution in [1.29, 1.82) is 0 Å². The van der Waals surface area contributed by atoms with Crippen molar-refractivity contribution in [2.75, 3.05) is 72.5 Å². The van der Waals surface area contributed by atoms with Gasteiger partial charge < -0.3 is 52.1 Å². The van der Waals surface area contributed by atoms with Crippen LogP contribution in [0.4, 0.5) is 0 Å². The van der Waals surface area contributed by atoms with E-state index in [0.717, 1.165) is 25.7 Å². The van der Waals surface area contributed by atoms with Crippen LogP contribution in [-0.2, 0) is 42.9 Å². The van der Waals surface area contributed by atoms with Gasteiger partial charge in [-0.3, -0.25) is 24.0 Å². The van der Waals surface area contributed by atoms with Crippen LogP contribution in [0.5, 0.6) is 0 Å². The normalized spacial score (nSPS) is 11.5. The van der Waals surface area contributed by atoms with Crippen molar-refractivity contribution in [2.45, 2.75) is 63.8 Å². The van der Waals surface area contributed by atoms with Gasteiger partial charge in [0.15, 0.2) is 0 Å². The summed E-state index contributed by atoms with van der Waals surface area (Å²) in [5.41, 5.74) is 15.8. The molecule has 0 aliphatic carbocycles. The Hall–Kier alpha value is -2.85. The number of primary amides is 2. The highest BCUT2D eigenvalue weighted by molar-refractivity contribution is 5.87. The summed E-state index contributed by atoms with van der Waals surface area (Å²) in [5.74, 6) is -1.74. The largest absolute Gasteiger partial charge is 0.378 e. The van der Waals surface area contributed by atoms with Gasteiger partial charge in [-0.1, -0.05) is 12.8 Å². The number of hydrogen-bond acceptors (Lipinski definition) is 10. The summed E-state index contributed by atoms with van der Waals surface area (Å²) in [5, 5.41) is 8.02. The van der Waals surface area contributed by atoms with E-state index >= 15 is 0 Å². The molecule has 9 N–H and O–H groups in total. The molecular formula is C26H50N6O9. The molecule has 1 unspecified atom stereocenters. The lowest BCUT2D eigenvalue weighted by Crippen LogP contribution is -2.45. The van der Waals surface area contributed by atoms with Crippen LogP contribution in [0.15, 0.2) is 0 Å². The molecule has 0 heterocycles. The number of amides is 5. The molecule has 0 aliphatic heterocycles. The first-order valence-corrected chi connectivity index (χ1v) is 14.2. The van der Waals surface area contributed by atoms with Crippen LogP contribution in [0.2, 0.25) is 0 Å². The SMILES string of the molecule is NCCOCCOCC(=O)NCCOCCOCC(=O)NC(CCCCNC(=O)CCCCCCC(N)=O)C(N)=O. The van der Waals surface area contributed by atoms with E-state index in [-0.39, 0.29) is 50.8 Å². The van der Waals surface area contributed by atoms with Gasteiger partial charge in [0.2, 0.25) is 29.5 Å². The van der Waals surface area contributed by atoms with E-state index in [4.69, 9.17) is 36.1 Å². The zero-order valence-electron chi connectivity index (χ0n) is 24.1. The molecule has 0 saturated carbocycles. The molecule has 0 radical (unpaired) electrons. The Bertz CT molecular complexity index is 742. The maximum atomic E-state index is 12.1. The van der Waals surface area contributed by atoms with Gasteiger partial charge in [-0.2, -0.15) is 0 Å². The van der Waals surface area contributed by atoms with Crippen LogP contribution in [0.25, 0.3) is 0 Å². The van der Waals surface area contributed by atoms with Crippen molar-refractivity contribution in [1.82, 2.24) is 16.0 Å². The van der Waals surface area contributed by atoms with Gasteiger partial charge in [-0.25, -0.2) is 0 Å². The number of carbonyl (C=O) groups is 5. The molecule has 0 aromatic rings. The molecule has 0 fully saturated rings. The van der Waals surface area contributed by atoms with E-state index in [9.17, 15) is 24.0 Å². The molecule has 41 heavy (non-hydrogen) atoms. The average Bonchev–Trinajstić information content (AvgIpc) is 2.92. The molecule has 5 amide bonds. The van der Waals surface area contributed by atoms with Crippen LogP contribution in [-0.4, -0.2) is 108 Å². The summed E-state index contributed by atoms with van der Waals surface area (Å²) >= 11 is 0. The quantitative estimate of drug-likeness (QED) is 0.0535. The summed E-state index contributed by atoms with van der Waals surface area (Å²) in [6.07, 6.45) is 5.56. The molecule has 15 heteroatoms. The predicted molar refractivity (Wildman–Crippen MR) is 150 cm³/mol. The fourth-order valence-corrected chi connectivity index (χ4v) is 3.42. The maximum absolute atomic E-state index is 12.1. The third-order valence-corrected chi connectivity index (χ3v) is 5.54. The van der Waals surface area contributed by atoms with Crippen molar-refractivity contribution in [3.05, 3.63) is 0 Å². The Morgan fingerprint density at radius 3 is 1.80 bits per heavy atom. The molecule has 15 nitrogen and oxygen atoms in total. The highest BCUT2D eigenvalue weighted by atomic mass is 16.5. The van der Waals surface area contributed by atoms with E-state index in [1.54, 1.807) is 0 Å². The van der Waals surface area contributed by atoms with Crippen LogP contribution in [0.3, 0.4) is 0 Å². The second kappa shape index (κ2) is 27.3. The number of carbonyl (C=O) groups excluding carboxylic acids is 5. The highest BCUT2D eigenvalue weighted by Gasteiger charge is 2.17. The molecule has 0 rings (SSSR count). The number of unbranched alkanes of at least 4 members (excludes halogenated alkanes) is 4. The third kappa shape index (κ3) is 27.1. The fourth-order valence-electron chi connectivity index (χ4n) is 3.42. The Kier molecular flexibility index (Phi) is 25.4. The van der Waals surface area contributed by atoms with Gasteiger partial charge in [-0.05, 0) is 32.1 Å². The van der Waals surface area contributed by atoms with Crippen molar-refractivity contribution in [3.8, 4) is 0 Å². The van der Waals surface area contributed by atoms with Gasteiger partial charge in [0.1, 0.15) is 19.3 Å². The second-order valence-electron chi connectivity index (χ2n) is 9.22. The van der Waals surface area contributed by atoms with Crippen molar-refractivity contribution in [3.63, 3.8) is 0 Å². The third-order valence-electron chi connectivity index (χ3n) is 5.54. The monoisotopic (exact) mass is 590 g/mol. The zero-order chi connectivity index (χ0) is 30.6. The number of hydrogen-bond donors (Lipinski definition) is 6. The molecule has 0 spiro atoms. The van der Waals surface area contributed by atoms with Crippen LogP contribution in [0, 0.1) is 0 Å². The summed E-state index contributed by atoms with van der Waals surface area (Å²) in [4.78, 5) is 57.9. The summed E-state index contributed by atoms with van der Waals surface area (Å²) < 4.78 is 20.9. The molecule has 0 bridgehead atoms. The van der Waals surface area contributed by atoms with E-state index in [0.29, 0.717) is 71.6 Å². The minimum Gasteiger partial charge on any atom is -0.378 e. The van der Waals surface area contributed by atoms with Crippen LogP contribution in [0.1, 0.15) is 57.8 Å². The van der Waals surface area contributed by atoms with E-state index in [1.807, 2.05) is 0 Å². The first kappa shape index (κ1) is 38.1. The first-order chi connectivity index (χ1) is 19.8. The van der Waals surface area contributed by atoms with Gasteiger partial charge >= 0.3 is 0 Å². The van der Waals surface area contributed by atoms with E-state index < -0.39 is 17.9 Å². The summed E-state index contributed by atoms with van der Waals surface area (Å²) in [6, 6.07) is -0.829. The van der Waals surface area contributed by atoms with Crippen molar-refractivity contribution >= 4 is 29.5 Å². The Morgan fingerprint density at radius 2 is 1.17 bits per heavy atom. The Morgan fingerprint density at radius 1 is 0.585 bits per heavy atom. The second-order valence-corrected chi connectivity index (χ2v) is 9.22. The van der Waals surface area contributed by atoms with Gasteiger partial charge in [-0.15, -0.1) is 0 Å². The predicted octanol–water partition coefficient (Wildman–Crippen LogP) is -1.79. The molecule has 0 aromatic carbocycles. The lowest BCUT2D eigenvalue weighted by molar-refractivity contribution is -0.131. The van der Waals surface area contributed by atoms with Crippen LogP contribution >= 0.6 is 0 Å². The maximum Gasteiger partial charge on any atom is 0.246 e. The standard InChI is InChI=1S/C26H50N6O9/c27-10-13-38-15-17-40-19-24(35)31-12-14-39-16-18-41-20-25(36)32-21(26(29)37)7-5-6-11-30-23(34)9-4-2-1-3-8-22(28)33/h21H,1-20,27H2,(H2,28,33)(H2,29,37)(H,30,34)(H,31,35)(H,32,36). The fraction of sp³-hybridized carbons (Fsp3) is 0.808. The lowest BCUT2D eigenvalue weighted by atomic mass is 10.1. The molecule has 1 atom stereocenters. The highest BCUT2D eigenvalue weighted by Crippen LogP contribution is 2.05. The topological polar surface area (TPSA) is 236 Å². The molecule has 0 aromatic heterocycles. The minimum atomic E-state index is -0.829. The number of ether oxygens (including phenoxy) is 4. The van der Waals surface area contributed by atoms with Gasteiger partial charge in [0, 0.05) is 32.5 Å². The summed E-state index contributed by atoms with van der Waals surface area (Å²) in [7, 11) is 0. The first-order valence-electron chi connectivity index (χ1n) is 14.2. The number of nitrogens with one attached hydrogen (secondary N) is 3.